The highest BCUT2D eigenvalue weighted by Gasteiger charge is 2.47. The van der Waals surface area contributed by atoms with Gasteiger partial charge in [0.1, 0.15) is 0 Å². The van der Waals surface area contributed by atoms with Gasteiger partial charge < -0.3 is 0 Å². The van der Waals surface area contributed by atoms with Crippen LogP contribution in [0, 0.1) is 0 Å². The molecule has 2 aliphatic carbocycles. The summed E-state index contributed by atoms with van der Waals surface area (Å²) in [6.45, 7) is 4.69. The van der Waals surface area contributed by atoms with Crippen molar-refractivity contribution in [3.63, 3.8) is 0 Å². The van der Waals surface area contributed by atoms with Crippen LogP contribution in [0.5, 0.6) is 0 Å². The number of hydrogen-bond donors (Lipinski definition) is 0. The minimum atomic E-state index is -0.560. The fraction of sp³-hybridized carbons (Fsp3) is 0.0597. The van der Waals surface area contributed by atoms with E-state index >= 15 is 0 Å². The standard InChI is InChI=1S/C67H45N3S/c1-66(2)56-33-12-9-27-49(56)50-38-37-45(41-59(50)66)43-20-15-19-42(39-43)44-21-16-22-46(40-44)63-68-64(70-65(69-63)55-32-17-30-52-51-28-11-14-36-60(51)71-62(52)55)54-31-18-35-58-61(54)53-29-10-13-34-57(53)67(58,47-23-5-3-6-24-47)48-25-7-4-8-26-48/h3-41H,1-2H3. The lowest BCUT2D eigenvalue weighted by Crippen LogP contribution is -2.28. The summed E-state index contributed by atoms with van der Waals surface area (Å²) in [5, 5.41) is 2.44. The molecule has 3 nitrogen and oxygen atoms in total. The summed E-state index contributed by atoms with van der Waals surface area (Å²) in [5.41, 5.74) is 19.5. The Kier molecular flexibility index (Phi) is 9.33. The molecule has 0 radical (unpaired) electrons. The van der Waals surface area contributed by atoms with Gasteiger partial charge in [-0.15, -0.1) is 11.3 Å². The summed E-state index contributed by atoms with van der Waals surface area (Å²) in [5.74, 6) is 1.92. The van der Waals surface area contributed by atoms with Crippen LogP contribution in [-0.4, -0.2) is 15.0 Å². The lowest BCUT2D eigenvalue weighted by molar-refractivity contribution is 0.660. The molecule has 0 saturated heterocycles. The van der Waals surface area contributed by atoms with E-state index in [9.17, 15) is 0 Å². The zero-order valence-corrected chi connectivity index (χ0v) is 40.1. The number of hydrogen-bond acceptors (Lipinski definition) is 4. The first kappa shape index (κ1) is 41.4. The van der Waals surface area contributed by atoms with Crippen molar-refractivity contribution in [3.8, 4) is 78.7 Å². The van der Waals surface area contributed by atoms with Crippen molar-refractivity contribution in [2.45, 2.75) is 24.7 Å². The van der Waals surface area contributed by atoms with Gasteiger partial charge in [0, 0.05) is 42.3 Å². The highest BCUT2D eigenvalue weighted by Crippen LogP contribution is 2.58. The van der Waals surface area contributed by atoms with Crippen LogP contribution in [0.4, 0.5) is 0 Å². The van der Waals surface area contributed by atoms with Gasteiger partial charge in [-0.2, -0.15) is 0 Å². The Morgan fingerprint density at radius 3 is 1.56 bits per heavy atom. The number of benzene rings is 10. The van der Waals surface area contributed by atoms with E-state index in [1.165, 1.54) is 76.7 Å². The van der Waals surface area contributed by atoms with Crippen LogP contribution in [0.25, 0.3) is 98.8 Å². The average Bonchev–Trinajstić information content (AvgIpc) is 4.05. The SMILES string of the molecule is CC1(C)c2ccccc2-c2ccc(-c3cccc(-c4cccc(-c5nc(-c6cccc7c6-c6ccccc6C7(c6ccccc6)c6ccccc6)nc(-c6cccc7c6sc6ccccc67)n5)c4)c3)cc21. The fourth-order valence-corrected chi connectivity index (χ4v) is 13.2. The van der Waals surface area contributed by atoms with Gasteiger partial charge in [0.15, 0.2) is 17.5 Å². The van der Waals surface area contributed by atoms with Gasteiger partial charge in [0.2, 0.25) is 0 Å². The Hall–Kier alpha value is -8.57. The van der Waals surface area contributed by atoms with Crippen LogP contribution >= 0.6 is 11.3 Å². The third-order valence-electron chi connectivity index (χ3n) is 15.2. The highest BCUT2D eigenvalue weighted by molar-refractivity contribution is 7.26. The summed E-state index contributed by atoms with van der Waals surface area (Å²) in [7, 11) is 0. The lowest BCUT2D eigenvalue weighted by Gasteiger charge is -2.33. The first-order chi connectivity index (χ1) is 34.9. The van der Waals surface area contributed by atoms with Gasteiger partial charge >= 0.3 is 0 Å². The predicted molar refractivity (Wildman–Crippen MR) is 295 cm³/mol. The van der Waals surface area contributed by atoms with Crippen LogP contribution in [0.1, 0.15) is 47.2 Å². The molecule has 0 unspecified atom stereocenters. The number of nitrogens with zero attached hydrogens (tertiary/aromatic N) is 3. The van der Waals surface area contributed by atoms with E-state index in [4.69, 9.17) is 15.0 Å². The summed E-state index contributed by atoms with van der Waals surface area (Å²) >= 11 is 1.79. The first-order valence-corrected chi connectivity index (χ1v) is 25.2. The number of rotatable bonds is 7. The Morgan fingerprint density at radius 1 is 0.324 bits per heavy atom. The van der Waals surface area contributed by atoms with Crippen LogP contribution in [0.2, 0.25) is 0 Å². The van der Waals surface area contributed by atoms with Gasteiger partial charge in [-0.25, -0.2) is 15.0 Å². The van der Waals surface area contributed by atoms with E-state index in [0.717, 1.165) is 38.1 Å². The molecule has 71 heavy (non-hydrogen) atoms. The minimum Gasteiger partial charge on any atom is -0.208 e. The molecule has 4 heteroatoms. The van der Waals surface area contributed by atoms with Crippen molar-refractivity contribution in [1.29, 1.82) is 0 Å². The maximum absolute atomic E-state index is 5.52. The molecule has 2 aromatic heterocycles. The Labute approximate surface area is 417 Å². The van der Waals surface area contributed by atoms with Gasteiger partial charge in [0.05, 0.1) is 5.41 Å². The second-order valence-corrected chi connectivity index (χ2v) is 20.5. The van der Waals surface area contributed by atoms with Crippen molar-refractivity contribution in [3.05, 3.63) is 270 Å². The molecule has 12 aromatic rings. The van der Waals surface area contributed by atoms with Crippen molar-refractivity contribution in [2.75, 3.05) is 0 Å². The minimum absolute atomic E-state index is 0.0747. The molecule has 0 aliphatic heterocycles. The normalized spacial score (nSPS) is 13.7. The molecule has 334 valence electrons. The molecule has 2 heterocycles. The smallest absolute Gasteiger partial charge is 0.165 e. The first-order valence-electron chi connectivity index (χ1n) is 24.4. The summed E-state index contributed by atoms with van der Waals surface area (Å²) in [4.78, 5) is 16.5. The molecular formula is C67H45N3S. The van der Waals surface area contributed by atoms with Gasteiger partial charge in [-0.05, 0) is 108 Å². The Morgan fingerprint density at radius 2 is 0.817 bits per heavy atom. The van der Waals surface area contributed by atoms with Crippen molar-refractivity contribution >= 4 is 31.5 Å². The fourth-order valence-electron chi connectivity index (χ4n) is 11.9. The van der Waals surface area contributed by atoms with Crippen LogP contribution in [0.15, 0.2) is 237 Å². The molecule has 10 aromatic carbocycles. The summed E-state index contributed by atoms with van der Waals surface area (Å²) in [6.07, 6.45) is 0. The molecule has 0 spiro atoms. The molecule has 14 rings (SSSR count). The molecule has 0 N–H and O–H groups in total. The molecule has 0 atom stereocenters. The Balaban J connectivity index is 0.950. The Bertz CT molecular complexity index is 4050. The van der Waals surface area contributed by atoms with Crippen molar-refractivity contribution in [2.24, 2.45) is 0 Å². The molecular weight excluding hydrogens is 879 g/mol. The van der Waals surface area contributed by atoms with Crippen LogP contribution < -0.4 is 0 Å². The molecule has 0 saturated carbocycles. The van der Waals surface area contributed by atoms with E-state index in [0.29, 0.717) is 17.5 Å². The van der Waals surface area contributed by atoms with Gasteiger partial charge in [-0.1, -0.05) is 220 Å². The molecule has 0 fully saturated rings. The maximum atomic E-state index is 5.52. The molecule has 0 bridgehead atoms. The largest absolute Gasteiger partial charge is 0.208 e. The molecule has 2 aliphatic rings. The van der Waals surface area contributed by atoms with Gasteiger partial charge in [-0.3, -0.25) is 0 Å². The quantitative estimate of drug-likeness (QED) is 0.160. The van der Waals surface area contributed by atoms with Crippen molar-refractivity contribution in [1.82, 2.24) is 15.0 Å². The van der Waals surface area contributed by atoms with E-state index in [2.05, 4.69) is 250 Å². The third-order valence-corrected chi connectivity index (χ3v) is 16.5. The highest BCUT2D eigenvalue weighted by atomic mass is 32.1. The summed E-state index contributed by atoms with van der Waals surface area (Å²) in [6, 6.07) is 86.1. The zero-order valence-electron chi connectivity index (χ0n) is 39.3. The number of fused-ring (bicyclic) bond motifs is 9. The summed E-state index contributed by atoms with van der Waals surface area (Å²) < 4.78 is 2.40. The predicted octanol–water partition coefficient (Wildman–Crippen LogP) is 17.2. The topological polar surface area (TPSA) is 38.7 Å². The zero-order chi connectivity index (χ0) is 47.3. The van der Waals surface area contributed by atoms with E-state index < -0.39 is 5.41 Å². The monoisotopic (exact) mass is 923 g/mol. The van der Waals surface area contributed by atoms with Gasteiger partial charge in [0.25, 0.3) is 0 Å². The number of aromatic nitrogens is 3. The second kappa shape index (κ2) is 16.0. The third kappa shape index (κ3) is 6.31. The van der Waals surface area contributed by atoms with Crippen LogP contribution in [0.3, 0.4) is 0 Å². The second-order valence-electron chi connectivity index (χ2n) is 19.4. The van der Waals surface area contributed by atoms with Crippen molar-refractivity contribution < 1.29 is 0 Å². The molecule has 0 amide bonds. The average molecular weight is 924 g/mol. The van der Waals surface area contributed by atoms with Crippen LogP contribution in [-0.2, 0) is 10.8 Å². The van der Waals surface area contributed by atoms with E-state index in [1.54, 1.807) is 11.3 Å². The van der Waals surface area contributed by atoms with E-state index in [1.807, 2.05) is 0 Å². The maximum Gasteiger partial charge on any atom is 0.165 e. The van der Waals surface area contributed by atoms with E-state index in [-0.39, 0.29) is 5.41 Å². The lowest BCUT2D eigenvalue weighted by atomic mass is 9.67. The number of thiophene rings is 1.